The Morgan fingerprint density at radius 3 is 2.47 bits per heavy atom. The number of piperazine rings is 1. The van der Waals surface area contributed by atoms with Crippen molar-refractivity contribution in [2.45, 2.75) is 76.4 Å². The third kappa shape index (κ3) is 3.29. The van der Waals surface area contributed by atoms with Gasteiger partial charge in [-0.05, 0) is 33.1 Å². The molecule has 0 aromatic carbocycles. The van der Waals surface area contributed by atoms with Gasteiger partial charge in [-0.1, -0.05) is 25.7 Å². The van der Waals surface area contributed by atoms with E-state index >= 15 is 0 Å². The molecule has 1 atom stereocenters. The molecule has 110 valence electrons. The van der Waals surface area contributed by atoms with E-state index in [1.165, 1.54) is 25.7 Å². The lowest BCUT2D eigenvalue weighted by molar-refractivity contribution is -0.147. The van der Waals surface area contributed by atoms with E-state index in [1.807, 2.05) is 0 Å². The van der Waals surface area contributed by atoms with Crippen molar-refractivity contribution in [2.75, 3.05) is 13.2 Å². The number of amides is 1. The first-order valence-electron chi connectivity index (χ1n) is 7.73. The fourth-order valence-electron chi connectivity index (χ4n) is 3.56. The van der Waals surface area contributed by atoms with Crippen molar-refractivity contribution in [1.29, 1.82) is 0 Å². The maximum atomic E-state index is 12.7. The molecule has 2 fully saturated rings. The molecule has 2 N–H and O–H groups in total. The second kappa shape index (κ2) is 6.23. The van der Waals surface area contributed by atoms with Gasteiger partial charge in [-0.2, -0.15) is 0 Å². The lowest BCUT2D eigenvalue weighted by atomic mass is 9.91. The van der Waals surface area contributed by atoms with Crippen LogP contribution in [0.4, 0.5) is 0 Å². The second-order valence-corrected chi connectivity index (χ2v) is 6.61. The Bertz CT molecular complexity index is 309. The summed E-state index contributed by atoms with van der Waals surface area (Å²) < 4.78 is 0. The minimum Gasteiger partial charge on any atom is -0.396 e. The molecule has 1 heterocycles. The molecule has 1 aliphatic heterocycles. The summed E-state index contributed by atoms with van der Waals surface area (Å²) in [6.07, 6.45) is 7.89. The van der Waals surface area contributed by atoms with Gasteiger partial charge in [-0.25, -0.2) is 0 Å². The molecule has 1 saturated heterocycles. The van der Waals surface area contributed by atoms with Crippen LogP contribution >= 0.6 is 0 Å². The molecule has 0 spiro atoms. The van der Waals surface area contributed by atoms with Crippen LogP contribution in [0.25, 0.3) is 0 Å². The van der Waals surface area contributed by atoms with Gasteiger partial charge >= 0.3 is 0 Å². The molecule has 0 aromatic heterocycles. The molecule has 2 rings (SSSR count). The van der Waals surface area contributed by atoms with Crippen molar-refractivity contribution >= 4 is 5.91 Å². The summed E-state index contributed by atoms with van der Waals surface area (Å²) in [7, 11) is 0. The monoisotopic (exact) mass is 268 g/mol. The number of aliphatic hydroxyl groups excluding tert-OH is 1. The molecule has 1 aliphatic carbocycles. The van der Waals surface area contributed by atoms with Gasteiger partial charge in [0, 0.05) is 19.2 Å². The Morgan fingerprint density at radius 1 is 1.26 bits per heavy atom. The molecular weight excluding hydrogens is 240 g/mol. The van der Waals surface area contributed by atoms with Crippen LogP contribution < -0.4 is 5.32 Å². The number of aliphatic hydroxyl groups is 1. The number of carbonyl (C=O) groups is 1. The molecule has 19 heavy (non-hydrogen) atoms. The van der Waals surface area contributed by atoms with Crippen LogP contribution in [0.3, 0.4) is 0 Å². The maximum absolute atomic E-state index is 12.7. The minimum absolute atomic E-state index is 0.0718. The van der Waals surface area contributed by atoms with Crippen molar-refractivity contribution in [3.8, 4) is 0 Å². The van der Waals surface area contributed by atoms with Gasteiger partial charge < -0.3 is 15.3 Å². The van der Waals surface area contributed by atoms with Crippen LogP contribution in [-0.4, -0.2) is 46.7 Å². The summed E-state index contributed by atoms with van der Waals surface area (Å²) in [6, 6.07) is 0.203. The second-order valence-electron chi connectivity index (χ2n) is 6.61. The van der Waals surface area contributed by atoms with Gasteiger partial charge in [-0.3, -0.25) is 4.79 Å². The smallest absolute Gasteiger partial charge is 0.240 e. The van der Waals surface area contributed by atoms with Crippen LogP contribution in [0.5, 0.6) is 0 Å². The molecule has 4 nitrogen and oxygen atoms in total. The van der Waals surface area contributed by atoms with Gasteiger partial charge in [0.05, 0.1) is 11.6 Å². The maximum Gasteiger partial charge on any atom is 0.240 e. The average Bonchev–Trinajstić information content (AvgIpc) is 2.62. The van der Waals surface area contributed by atoms with E-state index in [2.05, 4.69) is 24.1 Å². The summed E-state index contributed by atoms with van der Waals surface area (Å²) in [6.45, 7) is 5.19. The largest absolute Gasteiger partial charge is 0.396 e. The first-order valence-corrected chi connectivity index (χ1v) is 7.73. The minimum atomic E-state index is -0.193. The van der Waals surface area contributed by atoms with Gasteiger partial charge in [0.1, 0.15) is 0 Å². The highest BCUT2D eigenvalue weighted by molar-refractivity contribution is 5.84. The fourth-order valence-corrected chi connectivity index (χ4v) is 3.56. The highest BCUT2D eigenvalue weighted by Crippen LogP contribution is 2.30. The molecule has 0 aromatic rings. The molecule has 1 unspecified atom stereocenters. The lowest BCUT2D eigenvalue weighted by Gasteiger charge is -2.49. The van der Waals surface area contributed by atoms with Crippen molar-refractivity contribution < 1.29 is 9.90 Å². The molecule has 0 radical (unpaired) electrons. The van der Waals surface area contributed by atoms with E-state index in [-0.39, 0.29) is 24.1 Å². The quantitative estimate of drug-likeness (QED) is 0.766. The summed E-state index contributed by atoms with van der Waals surface area (Å²) in [5.74, 6) is 0.192. The van der Waals surface area contributed by atoms with E-state index in [4.69, 9.17) is 5.11 Å². The molecule has 0 bridgehead atoms. The zero-order chi connectivity index (χ0) is 13.9. The lowest BCUT2D eigenvalue weighted by Crippen LogP contribution is -2.67. The Kier molecular flexibility index (Phi) is 4.85. The standard InChI is InChI=1S/C15H28N2O2/c1-15(2)11-16-13(9-10-18)14(19)17(15)12-7-5-3-4-6-8-12/h12-13,16,18H,3-11H2,1-2H3. The highest BCUT2D eigenvalue weighted by atomic mass is 16.3. The SMILES string of the molecule is CC1(C)CNC(CCO)C(=O)N1C1CCCCCC1. The van der Waals surface area contributed by atoms with Crippen LogP contribution in [0.1, 0.15) is 58.8 Å². The Balaban J connectivity index is 2.14. The summed E-state index contributed by atoms with van der Waals surface area (Å²) in [5.41, 5.74) is -0.113. The zero-order valence-corrected chi connectivity index (χ0v) is 12.3. The van der Waals surface area contributed by atoms with Crippen LogP contribution in [0.15, 0.2) is 0 Å². The third-order valence-electron chi connectivity index (χ3n) is 4.58. The fraction of sp³-hybridized carbons (Fsp3) is 0.933. The van der Waals surface area contributed by atoms with E-state index < -0.39 is 0 Å². The molecule has 2 aliphatic rings. The Morgan fingerprint density at radius 2 is 1.89 bits per heavy atom. The van der Waals surface area contributed by atoms with Crippen molar-refractivity contribution in [2.24, 2.45) is 0 Å². The molecular formula is C15H28N2O2. The topological polar surface area (TPSA) is 52.6 Å². The van der Waals surface area contributed by atoms with Crippen molar-refractivity contribution in [3.63, 3.8) is 0 Å². The van der Waals surface area contributed by atoms with E-state index in [1.54, 1.807) is 0 Å². The average molecular weight is 268 g/mol. The summed E-state index contributed by atoms with van der Waals surface area (Å²) in [5, 5.41) is 12.4. The van der Waals surface area contributed by atoms with Crippen molar-refractivity contribution in [1.82, 2.24) is 10.2 Å². The Hall–Kier alpha value is -0.610. The first kappa shape index (κ1) is 14.8. The van der Waals surface area contributed by atoms with Crippen LogP contribution in [0, 0.1) is 0 Å². The van der Waals surface area contributed by atoms with Crippen molar-refractivity contribution in [3.05, 3.63) is 0 Å². The number of hydrogen-bond acceptors (Lipinski definition) is 3. The number of carbonyl (C=O) groups excluding carboxylic acids is 1. The van der Waals surface area contributed by atoms with Crippen LogP contribution in [0.2, 0.25) is 0 Å². The highest BCUT2D eigenvalue weighted by Gasteiger charge is 2.43. The van der Waals surface area contributed by atoms with E-state index in [9.17, 15) is 4.79 Å². The van der Waals surface area contributed by atoms with Gasteiger partial charge in [-0.15, -0.1) is 0 Å². The van der Waals surface area contributed by atoms with E-state index in [0.29, 0.717) is 12.5 Å². The first-order chi connectivity index (χ1) is 9.06. The zero-order valence-electron chi connectivity index (χ0n) is 12.3. The molecule has 1 saturated carbocycles. The number of nitrogens with zero attached hydrogens (tertiary/aromatic N) is 1. The third-order valence-corrected chi connectivity index (χ3v) is 4.58. The summed E-state index contributed by atoms with van der Waals surface area (Å²) >= 11 is 0. The predicted molar refractivity (Wildman–Crippen MR) is 75.9 cm³/mol. The number of nitrogens with one attached hydrogen (secondary N) is 1. The summed E-state index contributed by atoms with van der Waals surface area (Å²) in [4.78, 5) is 14.8. The van der Waals surface area contributed by atoms with Gasteiger partial charge in [0.25, 0.3) is 0 Å². The molecule has 4 heteroatoms. The number of rotatable bonds is 3. The predicted octanol–water partition coefficient (Wildman–Crippen LogP) is 1.67. The van der Waals surface area contributed by atoms with Gasteiger partial charge in [0.2, 0.25) is 5.91 Å². The van der Waals surface area contributed by atoms with Crippen LogP contribution in [-0.2, 0) is 4.79 Å². The number of hydrogen-bond donors (Lipinski definition) is 2. The van der Waals surface area contributed by atoms with E-state index in [0.717, 1.165) is 19.4 Å². The Labute approximate surface area is 116 Å². The molecule has 1 amide bonds. The van der Waals surface area contributed by atoms with Gasteiger partial charge in [0.15, 0.2) is 0 Å². The normalized spacial score (nSPS) is 29.3.